The largest absolute Gasteiger partial charge is 0.496 e. The van der Waals surface area contributed by atoms with Crippen molar-refractivity contribution in [1.29, 1.82) is 5.41 Å². The monoisotopic (exact) mass is 258 g/mol. The Morgan fingerprint density at radius 1 is 1.26 bits per heavy atom. The lowest BCUT2D eigenvalue weighted by atomic mass is 10.0. The Balaban J connectivity index is 2.41. The Kier molecular flexibility index (Phi) is 3.61. The van der Waals surface area contributed by atoms with E-state index < -0.39 is 0 Å². The molecule has 0 saturated heterocycles. The van der Waals surface area contributed by atoms with Crippen LogP contribution in [0.1, 0.15) is 6.92 Å². The zero-order valence-electron chi connectivity index (χ0n) is 10.7. The summed E-state index contributed by atoms with van der Waals surface area (Å²) < 4.78 is 6.04. The van der Waals surface area contributed by atoms with Crippen LogP contribution in [-0.4, -0.2) is 28.5 Å². The molecule has 0 unspecified atom stereocenters. The molecule has 98 valence electrons. The molecule has 0 radical (unpaired) electrons. The van der Waals surface area contributed by atoms with Gasteiger partial charge in [-0.3, -0.25) is 5.41 Å². The summed E-state index contributed by atoms with van der Waals surface area (Å²) in [5.41, 5.74) is 1.78. The smallest absolute Gasteiger partial charge is 0.189 e. The molecule has 0 aliphatic heterocycles. The molecule has 6 nitrogen and oxygen atoms in total. The second-order valence-corrected chi connectivity index (χ2v) is 3.94. The van der Waals surface area contributed by atoms with Crippen molar-refractivity contribution in [2.45, 2.75) is 6.92 Å². The Labute approximate surface area is 110 Å². The highest BCUT2D eigenvalue weighted by atomic mass is 16.5. The second-order valence-electron chi connectivity index (χ2n) is 3.94. The summed E-state index contributed by atoms with van der Waals surface area (Å²) in [6, 6.07) is 5.01. The van der Waals surface area contributed by atoms with E-state index >= 15 is 0 Å². The predicted octanol–water partition coefficient (Wildman–Crippen LogP) is 1.49. The Morgan fingerprint density at radius 3 is 2.74 bits per heavy atom. The van der Waals surface area contributed by atoms with Crippen LogP contribution in [0.3, 0.4) is 0 Å². The number of aromatic nitrogens is 1. The fraction of sp³-hybridized carbons (Fsp3) is 0.154. The predicted molar refractivity (Wildman–Crippen MR) is 71.2 cm³/mol. The van der Waals surface area contributed by atoms with Gasteiger partial charge in [0.15, 0.2) is 5.49 Å². The molecular weight excluding hydrogens is 244 g/mol. The minimum atomic E-state index is 0.252. The van der Waals surface area contributed by atoms with Crippen LogP contribution >= 0.6 is 0 Å². The van der Waals surface area contributed by atoms with Crippen molar-refractivity contribution < 1.29 is 9.94 Å². The maximum absolute atomic E-state index is 9.49. The molecular formula is C13H14N4O2. The van der Waals surface area contributed by atoms with Crippen molar-refractivity contribution in [2.24, 2.45) is 10.2 Å². The molecule has 1 heterocycles. The standard InChI is InChI=1S/C13H14N4O2/c1-9-7-10(14)11(8-12(9)19-2)15-16-13-5-3-4-6-17(13)18/h3-8,14,18H,1-2H3. The minimum absolute atomic E-state index is 0.252. The Morgan fingerprint density at radius 2 is 2.05 bits per heavy atom. The number of ether oxygens (including phenoxy) is 1. The second kappa shape index (κ2) is 5.34. The molecule has 2 N–H and O–H groups in total. The zero-order valence-corrected chi connectivity index (χ0v) is 10.7. The van der Waals surface area contributed by atoms with Gasteiger partial charge in [-0.05, 0) is 30.7 Å². The highest BCUT2D eigenvalue weighted by Gasteiger charge is 2.13. The lowest BCUT2D eigenvalue weighted by molar-refractivity contribution is 0.171. The first-order valence-electron chi connectivity index (χ1n) is 5.63. The third-order valence-electron chi connectivity index (χ3n) is 2.59. The van der Waals surface area contributed by atoms with E-state index in [9.17, 15) is 5.21 Å². The number of nitrogens with zero attached hydrogens (tertiary/aromatic N) is 3. The van der Waals surface area contributed by atoms with E-state index in [-0.39, 0.29) is 11.2 Å². The van der Waals surface area contributed by atoms with Crippen LogP contribution in [0.5, 0.6) is 0 Å². The molecule has 0 bridgehead atoms. The van der Waals surface area contributed by atoms with Crippen molar-refractivity contribution in [3.05, 3.63) is 53.4 Å². The molecule has 1 aliphatic rings. The molecule has 1 aromatic rings. The molecule has 6 heteroatoms. The summed E-state index contributed by atoms with van der Waals surface area (Å²) in [7, 11) is 1.56. The van der Waals surface area contributed by atoms with Gasteiger partial charge in [-0.25, -0.2) is 0 Å². The van der Waals surface area contributed by atoms with E-state index in [2.05, 4.69) is 10.2 Å². The van der Waals surface area contributed by atoms with Gasteiger partial charge in [0.25, 0.3) is 0 Å². The van der Waals surface area contributed by atoms with Crippen LogP contribution in [0.2, 0.25) is 0 Å². The number of hydrogen-bond donors (Lipinski definition) is 2. The van der Waals surface area contributed by atoms with Crippen LogP contribution < -0.4 is 5.49 Å². The van der Waals surface area contributed by atoms with Crippen molar-refractivity contribution >= 4 is 11.4 Å². The molecule has 0 amide bonds. The van der Waals surface area contributed by atoms with Crippen LogP contribution in [0, 0.1) is 5.41 Å². The summed E-state index contributed by atoms with van der Waals surface area (Å²) in [4.78, 5) is 0. The van der Waals surface area contributed by atoms with Crippen LogP contribution in [0.15, 0.2) is 58.1 Å². The molecule has 0 atom stereocenters. The average Bonchev–Trinajstić information content (AvgIpc) is 2.39. The normalized spacial score (nSPS) is 18.3. The average molecular weight is 258 g/mol. The third-order valence-corrected chi connectivity index (χ3v) is 2.59. The first kappa shape index (κ1) is 12.8. The van der Waals surface area contributed by atoms with Gasteiger partial charge < -0.3 is 9.94 Å². The highest BCUT2D eigenvalue weighted by molar-refractivity contribution is 6.50. The highest BCUT2D eigenvalue weighted by Crippen LogP contribution is 2.15. The first-order valence-corrected chi connectivity index (χ1v) is 5.63. The first-order chi connectivity index (χ1) is 9.11. The molecule has 0 fully saturated rings. The quantitative estimate of drug-likeness (QED) is 0.478. The summed E-state index contributed by atoms with van der Waals surface area (Å²) in [5.74, 6) is 0.648. The number of methoxy groups -OCH3 is 1. The third kappa shape index (κ3) is 2.79. The fourth-order valence-electron chi connectivity index (χ4n) is 1.59. The molecule has 0 saturated carbocycles. The molecule has 0 spiro atoms. The van der Waals surface area contributed by atoms with E-state index in [0.717, 1.165) is 10.3 Å². The summed E-state index contributed by atoms with van der Waals surface area (Å²) in [6.45, 7) is 1.86. The van der Waals surface area contributed by atoms with E-state index in [1.165, 1.54) is 6.20 Å². The topological polar surface area (TPSA) is 83.0 Å². The molecule has 0 aromatic carbocycles. The minimum Gasteiger partial charge on any atom is -0.496 e. The van der Waals surface area contributed by atoms with Crippen LogP contribution in [-0.2, 0) is 4.74 Å². The summed E-state index contributed by atoms with van der Waals surface area (Å²) in [5, 5.41) is 25.2. The van der Waals surface area contributed by atoms with Crippen LogP contribution in [0.4, 0.5) is 0 Å². The van der Waals surface area contributed by atoms with E-state index in [1.54, 1.807) is 37.5 Å². The number of nitrogens with one attached hydrogen (secondary N) is 1. The molecule has 1 aromatic heterocycles. The maximum atomic E-state index is 9.49. The van der Waals surface area contributed by atoms with Gasteiger partial charge in [-0.15, -0.1) is 10.2 Å². The van der Waals surface area contributed by atoms with Crippen molar-refractivity contribution in [1.82, 2.24) is 4.73 Å². The van der Waals surface area contributed by atoms with Crippen molar-refractivity contribution in [2.75, 3.05) is 7.11 Å². The van der Waals surface area contributed by atoms with Gasteiger partial charge in [0.2, 0.25) is 0 Å². The lowest BCUT2D eigenvalue weighted by Crippen LogP contribution is -2.18. The van der Waals surface area contributed by atoms with Crippen molar-refractivity contribution in [3.63, 3.8) is 0 Å². The van der Waals surface area contributed by atoms with Gasteiger partial charge in [0.1, 0.15) is 11.5 Å². The number of hydrogen-bond acceptors (Lipinski definition) is 5. The number of rotatable bonds is 2. The van der Waals surface area contributed by atoms with Gasteiger partial charge in [0.05, 0.1) is 12.8 Å². The van der Waals surface area contributed by atoms with Gasteiger partial charge >= 0.3 is 0 Å². The lowest BCUT2D eigenvalue weighted by Gasteiger charge is -2.12. The summed E-state index contributed by atoms with van der Waals surface area (Å²) >= 11 is 0. The Hall–Kier alpha value is -2.63. The van der Waals surface area contributed by atoms with Gasteiger partial charge in [-0.1, -0.05) is 6.07 Å². The molecule has 19 heavy (non-hydrogen) atoms. The maximum Gasteiger partial charge on any atom is 0.189 e. The van der Waals surface area contributed by atoms with Crippen molar-refractivity contribution in [3.8, 4) is 0 Å². The van der Waals surface area contributed by atoms with E-state index in [0.29, 0.717) is 11.5 Å². The molecule has 1 aliphatic carbocycles. The SMILES string of the molecule is COC1=CC(=NN=c2ccccn2O)C(=N)C=C1C. The zero-order chi connectivity index (χ0) is 13.8. The Bertz CT molecular complexity index is 665. The number of allylic oxidation sites excluding steroid dienone is 3. The van der Waals surface area contributed by atoms with Gasteiger partial charge in [-0.2, -0.15) is 4.73 Å². The van der Waals surface area contributed by atoms with Crippen LogP contribution in [0.25, 0.3) is 0 Å². The van der Waals surface area contributed by atoms with Gasteiger partial charge in [0, 0.05) is 12.3 Å². The van der Waals surface area contributed by atoms with E-state index in [1.807, 2.05) is 6.92 Å². The molecule has 2 rings (SSSR count). The van der Waals surface area contributed by atoms with E-state index in [4.69, 9.17) is 10.1 Å². The summed E-state index contributed by atoms with van der Waals surface area (Å²) in [6.07, 6.45) is 4.75. The fourth-order valence-corrected chi connectivity index (χ4v) is 1.59. The number of pyridine rings is 1.